The van der Waals surface area contributed by atoms with Gasteiger partial charge in [-0.2, -0.15) is 0 Å². The van der Waals surface area contributed by atoms with Crippen LogP contribution in [-0.4, -0.2) is 23.9 Å². The van der Waals surface area contributed by atoms with Crippen molar-refractivity contribution in [2.45, 2.75) is 12.8 Å². The molecule has 2 nitrogen and oxygen atoms in total. The first-order valence-electron chi connectivity index (χ1n) is 6.85. The molecule has 0 saturated heterocycles. The van der Waals surface area contributed by atoms with Crippen LogP contribution in [0.4, 0.5) is 0 Å². The van der Waals surface area contributed by atoms with Crippen molar-refractivity contribution in [1.82, 2.24) is 4.90 Å². The SMILES string of the molecule is O=C1c2cc(Cl)ccc2CCN1CCc1ccccc1. The summed E-state index contributed by atoms with van der Waals surface area (Å²) in [5.41, 5.74) is 3.13. The number of carbonyl (C=O) groups excluding carboxylic acids is 1. The second-order valence-corrected chi connectivity index (χ2v) is 5.52. The minimum Gasteiger partial charge on any atom is -0.338 e. The van der Waals surface area contributed by atoms with Gasteiger partial charge in [0.25, 0.3) is 5.91 Å². The molecule has 2 aromatic rings. The van der Waals surface area contributed by atoms with Crippen molar-refractivity contribution >= 4 is 17.5 Å². The zero-order chi connectivity index (χ0) is 13.9. The normalized spacial score (nSPS) is 14.2. The van der Waals surface area contributed by atoms with Gasteiger partial charge in [0.15, 0.2) is 0 Å². The highest BCUT2D eigenvalue weighted by molar-refractivity contribution is 6.31. The molecule has 1 aliphatic rings. The molecular formula is C17H16ClNO. The second kappa shape index (κ2) is 5.68. The van der Waals surface area contributed by atoms with E-state index in [1.807, 2.05) is 35.2 Å². The summed E-state index contributed by atoms with van der Waals surface area (Å²) >= 11 is 5.99. The van der Waals surface area contributed by atoms with Crippen LogP contribution in [0.15, 0.2) is 48.5 Å². The quantitative estimate of drug-likeness (QED) is 0.844. The van der Waals surface area contributed by atoms with E-state index in [-0.39, 0.29) is 5.91 Å². The number of carbonyl (C=O) groups is 1. The van der Waals surface area contributed by atoms with Gasteiger partial charge in [0, 0.05) is 23.7 Å². The van der Waals surface area contributed by atoms with E-state index in [1.165, 1.54) is 5.56 Å². The van der Waals surface area contributed by atoms with Crippen molar-refractivity contribution in [2.24, 2.45) is 0 Å². The number of amides is 1. The first-order chi connectivity index (χ1) is 9.74. The number of hydrogen-bond acceptors (Lipinski definition) is 1. The maximum atomic E-state index is 12.5. The van der Waals surface area contributed by atoms with Crippen LogP contribution in [0.1, 0.15) is 21.5 Å². The summed E-state index contributed by atoms with van der Waals surface area (Å²) in [7, 11) is 0. The van der Waals surface area contributed by atoms with Crippen LogP contribution >= 0.6 is 11.6 Å². The lowest BCUT2D eigenvalue weighted by atomic mass is 9.98. The number of rotatable bonds is 3. The average molecular weight is 286 g/mol. The fourth-order valence-electron chi connectivity index (χ4n) is 2.62. The Labute approximate surface area is 124 Å². The summed E-state index contributed by atoms with van der Waals surface area (Å²) in [5, 5.41) is 0.627. The lowest BCUT2D eigenvalue weighted by Crippen LogP contribution is -2.38. The number of nitrogens with zero attached hydrogens (tertiary/aromatic N) is 1. The zero-order valence-corrected chi connectivity index (χ0v) is 11.9. The van der Waals surface area contributed by atoms with Gasteiger partial charge in [-0.15, -0.1) is 0 Å². The van der Waals surface area contributed by atoms with Crippen molar-refractivity contribution in [3.63, 3.8) is 0 Å². The molecule has 0 atom stereocenters. The first-order valence-corrected chi connectivity index (χ1v) is 7.23. The minimum absolute atomic E-state index is 0.102. The Hall–Kier alpha value is -1.80. The van der Waals surface area contributed by atoms with Gasteiger partial charge >= 0.3 is 0 Å². The van der Waals surface area contributed by atoms with Gasteiger partial charge in [0.1, 0.15) is 0 Å². The highest BCUT2D eigenvalue weighted by Gasteiger charge is 2.23. The van der Waals surface area contributed by atoms with Crippen molar-refractivity contribution in [2.75, 3.05) is 13.1 Å². The Kier molecular flexibility index (Phi) is 3.75. The highest BCUT2D eigenvalue weighted by atomic mass is 35.5. The molecular weight excluding hydrogens is 270 g/mol. The van der Waals surface area contributed by atoms with E-state index in [4.69, 9.17) is 11.6 Å². The fourth-order valence-corrected chi connectivity index (χ4v) is 2.79. The molecule has 20 heavy (non-hydrogen) atoms. The third-order valence-electron chi connectivity index (χ3n) is 3.75. The van der Waals surface area contributed by atoms with Crippen LogP contribution in [0.25, 0.3) is 0 Å². The Morgan fingerprint density at radius 1 is 1.10 bits per heavy atom. The van der Waals surface area contributed by atoms with Crippen molar-refractivity contribution in [3.8, 4) is 0 Å². The van der Waals surface area contributed by atoms with Crippen molar-refractivity contribution < 1.29 is 4.79 Å². The lowest BCUT2D eigenvalue weighted by Gasteiger charge is -2.28. The third-order valence-corrected chi connectivity index (χ3v) is 3.99. The molecule has 0 unspecified atom stereocenters. The van der Waals surface area contributed by atoms with Gasteiger partial charge in [0.2, 0.25) is 0 Å². The predicted molar refractivity (Wildman–Crippen MR) is 81.2 cm³/mol. The van der Waals surface area contributed by atoms with E-state index in [0.29, 0.717) is 5.02 Å². The van der Waals surface area contributed by atoms with Crippen molar-refractivity contribution in [3.05, 3.63) is 70.2 Å². The number of benzene rings is 2. The van der Waals surface area contributed by atoms with Gasteiger partial charge in [-0.25, -0.2) is 0 Å². The average Bonchev–Trinajstić information content (AvgIpc) is 2.48. The molecule has 1 amide bonds. The molecule has 3 rings (SSSR count). The molecule has 3 heteroatoms. The van der Waals surface area contributed by atoms with Crippen molar-refractivity contribution in [1.29, 1.82) is 0 Å². The summed E-state index contributed by atoms with van der Waals surface area (Å²) in [5.74, 6) is 0.102. The van der Waals surface area contributed by atoms with E-state index in [0.717, 1.165) is 37.1 Å². The van der Waals surface area contributed by atoms with Crippen LogP contribution in [0.3, 0.4) is 0 Å². The molecule has 1 heterocycles. The molecule has 102 valence electrons. The van der Waals surface area contributed by atoms with E-state index >= 15 is 0 Å². The minimum atomic E-state index is 0.102. The maximum Gasteiger partial charge on any atom is 0.254 e. The lowest BCUT2D eigenvalue weighted by molar-refractivity contribution is 0.0742. The van der Waals surface area contributed by atoms with Crippen LogP contribution < -0.4 is 0 Å². The molecule has 0 radical (unpaired) electrons. The predicted octanol–water partition coefficient (Wildman–Crippen LogP) is 3.58. The van der Waals surface area contributed by atoms with E-state index < -0.39 is 0 Å². The van der Waals surface area contributed by atoms with E-state index in [1.54, 1.807) is 6.07 Å². The molecule has 0 N–H and O–H groups in total. The molecule has 0 spiro atoms. The molecule has 0 bridgehead atoms. The van der Waals surface area contributed by atoms with Gasteiger partial charge in [-0.1, -0.05) is 48.0 Å². The molecule has 0 aromatic heterocycles. The molecule has 0 fully saturated rings. The Morgan fingerprint density at radius 3 is 2.70 bits per heavy atom. The van der Waals surface area contributed by atoms with Crippen LogP contribution in [0.5, 0.6) is 0 Å². The van der Waals surface area contributed by atoms with E-state index in [9.17, 15) is 4.79 Å². The topological polar surface area (TPSA) is 20.3 Å². The Morgan fingerprint density at radius 2 is 1.90 bits per heavy atom. The highest BCUT2D eigenvalue weighted by Crippen LogP contribution is 2.22. The molecule has 0 saturated carbocycles. The molecule has 0 aliphatic carbocycles. The fraction of sp³-hybridized carbons (Fsp3) is 0.235. The van der Waals surface area contributed by atoms with Gasteiger partial charge in [-0.05, 0) is 36.1 Å². The van der Waals surface area contributed by atoms with Gasteiger partial charge in [-0.3, -0.25) is 4.79 Å². The number of hydrogen-bond donors (Lipinski definition) is 0. The summed E-state index contributed by atoms with van der Waals surface area (Å²) < 4.78 is 0. The van der Waals surface area contributed by atoms with Crippen LogP contribution in [-0.2, 0) is 12.8 Å². The monoisotopic (exact) mass is 285 g/mol. The summed E-state index contributed by atoms with van der Waals surface area (Å²) in [6.45, 7) is 1.55. The summed E-state index contributed by atoms with van der Waals surface area (Å²) in [6.07, 6.45) is 1.80. The van der Waals surface area contributed by atoms with Crippen LogP contribution in [0.2, 0.25) is 5.02 Å². The first kappa shape index (κ1) is 13.2. The number of halogens is 1. The summed E-state index contributed by atoms with van der Waals surface area (Å²) in [4.78, 5) is 14.4. The van der Waals surface area contributed by atoms with E-state index in [2.05, 4.69) is 12.1 Å². The Balaban J connectivity index is 1.72. The summed E-state index contributed by atoms with van der Waals surface area (Å²) in [6, 6.07) is 15.9. The Bertz CT molecular complexity index is 624. The zero-order valence-electron chi connectivity index (χ0n) is 11.2. The van der Waals surface area contributed by atoms with Gasteiger partial charge in [0.05, 0.1) is 0 Å². The largest absolute Gasteiger partial charge is 0.338 e. The third kappa shape index (κ3) is 2.70. The molecule has 2 aromatic carbocycles. The smallest absolute Gasteiger partial charge is 0.254 e. The number of fused-ring (bicyclic) bond motifs is 1. The van der Waals surface area contributed by atoms with Crippen LogP contribution in [0, 0.1) is 0 Å². The second-order valence-electron chi connectivity index (χ2n) is 5.08. The standard InChI is InChI=1S/C17H16ClNO/c18-15-7-6-14-9-11-19(17(20)16(14)12-15)10-8-13-4-2-1-3-5-13/h1-7,12H,8-11H2. The maximum absolute atomic E-state index is 12.5. The van der Waals surface area contributed by atoms with Gasteiger partial charge < -0.3 is 4.90 Å². The molecule has 1 aliphatic heterocycles.